The molecule has 0 aromatic heterocycles. The Balaban J connectivity index is 1.41. The highest BCUT2D eigenvalue weighted by molar-refractivity contribution is 5.89. The van der Waals surface area contributed by atoms with Gasteiger partial charge in [0.1, 0.15) is 18.3 Å². The number of ether oxygens (including phenoxy) is 5. The molecule has 0 unspecified atom stereocenters. The van der Waals surface area contributed by atoms with Crippen LogP contribution in [0, 0.1) is 10.1 Å². The van der Waals surface area contributed by atoms with Gasteiger partial charge in [-0.3, -0.25) is 10.1 Å². The van der Waals surface area contributed by atoms with Crippen LogP contribution in [0.5, 0.6) is 0 Å². The molecule has 9 heteroatoms. The maximum atomic E-state index is 13.2. The lowest BCUT2D eigenvalue weighted by atomic mass is 9.98. The molecule has 43 heavy (non-hydrogen) atoms. The van der Waals surface area contributed by atoms with E-state index in [1.807, 2.05) is 97.9 Å². The molecule has 0 saturated carbocycles. The number of nitro benzene ring substituents is 1. The van der Waals surface area contributed by atoms with Crippen LogP contribution in [0.15, 0.2) is 115 Å². The second kappa shape index (κ2) is 14.7. The largest absolute Gasteiger partial charge is 0.429 e. The van der Waals surface area contributed by atoms with E-state index in [-0.39, 0.29) is 24.5 Å². The van der Waals surface area contributed by atoms with Crippen LogP contribution >= 0.6 is 0 Å². The van der Waals surface area contributed by atoms with E-state index in [4.69, 9.17) is 23.7 Å². The molecule has 0 aliphatic carbocycles. The van der Waals surface area contributed by atoms with Crippen molar-refractivity contribution in [2.75, 3.05) is 0 Å². The van der Waals surface area contributed by atoms with E-state index in [1.54, 1.807) is 0 Å². The fourth-order valence-electron chi connectivity index (χ4n) is 4.86. The maximum Gasteiger partial charge on any atom is 0.340 e. The zero-order valence-corrected chi connectivity index (χ0v) is 23.7. The number of hydrogen-bond acceptors (Lipinski definition) is 8. The van der Waals surface area contributed by atoms with Crippen LogP contribution in [-0.2, 0) is 43.5 Å². The summed E-state index contributed by atoms with van der Waals surface area (Å²) in [6.07, 6.45) is -3.76. The van der Waals surface area contributed by atoms with E-state index >= 15 is 0 Å². The molecule has 0 amide bonds. The summed E-state index contributed by atoms with van der Waals surface area (Å²) in [7, 11) is 0. The van der Waals surface area contributed by atoms with E-state index in [9.17, 15) is 14.9 Å². The Bertz CT molecular complexity index is 1450. The number of nitro groups is 1. The van der Waals surface area contributed by atoms with Crippen LogP contribution in [0.2, 0.25) is 0 Å². The van der Waals surface area contributed by atoms with Crippen LogP contribution in [0.25, 0.3) is 0 Å². The molecule has 222 valence electrons. The summed E-state index contributed by atoms with van der Waals surface area (Å²) in [5, 5.41) is 11.1. The first-order chi connectivity index (χ1) is 21.0. The minimum atomic E-state index is -1.14. The zero-order valence-electron chi connectivity index (χ0n) is 23.7. The molecule has 1 aliphatic rings. The van der Waals surface area contributed by atoms with E-state index in [1.165, 1.54) is 24.3 Å². The van der Waals surface area contributed by atoms with Crippen LogP contribution in [0.1, 0.15) is 34.0 Å². The Morgan fingerprint density at radius 2 is 1.12 bits per heavy atom. The van der Waals surface area contributed by atoms with Gasteiger partial charge in [0.2, 0.25) is 6.29 Å². The fourth-order valence-corrected chi connectivity index (χ4v) is 4.86. The molecule has 5 atom stereocenters. The Kier molecular flexibility index (Phi) is 10.2. The molecule has 1 fully saturated rings. The number of benzene rings is 4. The molecule has 0 bridgehead atoms. The first-order valence-corrected chi connectivity index (χ1v) is 14.1. The Hall–Kier alpha value is -4.41. The summed E-state index contributed by atoms with van der Waals surface area (Å²) < 4.78 is 31.4. The van der Waals surface area contributed by atoms with Gasteiger partial charge in [-0.05, 0) is 35.7 Å². The summed E-state index contributed by atoms with van der Waals surface area (Å²) in [5.74, 6) is -0.703. The van der Waals surface area contributed by atoms with Gasteiger partial charge in [-0.1, -0.05) is 91.0 Å². The normalized spacial score (nSPS) is 21.7. The maximum absolute atomic E-state index is 13.2. The molecular weight excluding hydrogens is 550 g/mol. The molecular formula is C34H33NO8. The molecule has 0 radical (unpaired) electrons. The quantitative estimate of drug-likeness (QED) is 0.109. The van der Waals surface area contributed by atoms with Crippen molar-refractivity contribution in [1.82, 2.24) is 0 Å². The van der Waals surface area contributed by atoms with E-state index in [0.717, 1.165) is 16.7 Å². The van der Waals surface area contributed by atoms with Crippen molar-refractivity contribution in [2.24, 2.45) is 0 Å². The standard InChI is InChI=1S/C34H33NO8/c1-24-30(39-21-25-11-5-2-6-12-25)31(40-22-26-13-7-3-8-14-26)32(41-23-27-15-9-4-10-16-27)34(42-24)43-33(36)28-17-19-29(20-18-28)35(37)38/h2-20,24,30-32,34H,21-23H2,1H3/t24-,30-,31+,32+,34+/m1/s1. The molecule has 1 saturated heterocycles. The van der Waals surface area contributed by atoms with Gasteiger partial charge in [0.25, 0.3) is 5.69 Å². The van der Waals surface area contributed by atoms with E-state index < -0.39 is 41.6 Å². The third-order valence-corrected chi connectivity index (χ3v) is 7.12. The topological polar surface area (TPSA) is 106 Å². The van der Waals surface area contributed by atoms with Gasteiger partial charge in [-0.25, -0.2) is 4.79 Å². The molecule has 5 rings (SSSR count). The minimum absolute atomic E-state index is 0.129. The van der Waals surface area contributed by atoms with Crippen LogP contribution < -0.4 is 0 Å². The van der Waals surface area contributed by atoms with Gasteiger partial charge in [0, 0.05) is 12.1 Å². The third-order valence-electron chi connectivity index (χ3n) is 7.12. The van der Waals surface area contributed by atoms with E-state index in [2.05, 4.69) is 0 Å². The van der Waals surface area contributed by atoms with Gasteiger partial charge in [0.05, 0.1) is 36.4 Å². The lowest BCUT2D eigenvalue weighted by Crippen LogP contribution is -2.60. The van der Waals surface area contributed by atoms with Crippen molar-refractivity contribution < 1.29 is 33.4 Å². The second-order valence-electron chi connectivity index (χ2n) is 10.2. The lowest BCUT2D eigenvalue weighted by Gasteiger charge is -2.44. The summed E-state index contributed by atoms with van der Waals surface area (Å²) in [6.45, 7) is 2.65. The Morgan fingerprint density at radius 3 is 1.58 bits per heavy atom. The molecule has 9 nitrogen and oxygen atoms in total. The van der Waals surface area contributed by atoms with Gasteiger partial charge in [-0.15, -0.1) is 0 Å². The number of carbonyl (C=O) groups excluding carboxylic acids is 1. The molecule has 1 heterocycles. The number of esters is 1. The van der Waals surface area contributed by atoms with Crippen molar-refractivity contribution in [2.45, 2.75) is 57.5 Å². The predicted molar refractivity (Wildman–Crippen MR) is 158 cm³/mol. The van der Waals surface area contributed by atoms with Crippen LogP contribution in [0.4, 0.5) is 5.69 Å². The van der Waals surface area contributed by atoms with Crippen molar-refractivity contribution in [1.29, 1.82) is 0 Å². The lowest BCUT2D eigenvalue weighted by molar-refractivity contribution is -0.384. The third kappa shape index (κ3) is 8.12. The number of non-ortho nitro benzene ring substituents is 1. The highest BCUT2D eigenvalue weighted by Crippen LogP contribution is 2.31. The second-order valence-corrected chi connectivity index (χ2v) is 10.2. The number of rotatable bonds is 12. The molecule has 4 aromatic rings. The van der Waals surface area contributed by atoms with Crippen molar-refractivity contribution in [3.05, 3.63) is 148 Å². The SMILES string of the molecule is C[C@H]1O[C@@H](OC(=O)c2ccc([N+](=O)[O-])cc2)[C@@H](OCc2ccccc2)[C@@H](OCc2ccccc2)[C@@H]1OCc1ccccc1. The smallest absolute Gasteiger partial charge is 0.340 e. The molecule has 1 aliphatic heterocycles. The number of carbonyl (C=O) groups is 1. The first-order valence-electron chi connectivity index (χ1n) is 14.1. The van der Waals surface area contributed by atoms with Gasteiger partial charge < -0.3 is 23.7 Å². The molecule has 0 N–H and O–H groups in total. The summed E-state index contributed by atoms with van der Waals surface area (Å²) in [5.41, 5.74) is 2.89. The van der Waals surface area contributed by atoms with Gasteiger partial charge in [-0.2, -0.15) is 0 Å². The van der Waals surface area contributed by atoms with Gasteiger partial charge >= 0.3 is 5.97 Å². The summed E-state index contributed by atoms with van der Waals surface area (Å²) >= 11 is 0. The van der Waals surface area contributed by atoms with E-state index in [0.29, 0.717) is 6.61 Å². The fraction of sp³-hybridized carbons (Fsp3) is 0.265. The average Bonchev–Trinajstić information content (AvgIpc) is 3.04. The summed E-state index contributed by atoms with van der Waals surface area (Å²) in [6, 6.07) is 34.4. The molecule has 0 spiro atoms. The minimum Gasteiger partial charge on any atom is -0.429 e. The van der Waals surface area contributed by atoms with Crippen molar-refractivity contribution in [3.8, 4) is 0 Å². The number of nitrogens with zero attached hydrogens (tertiary/aromatic N) is 1. The highest BCUT2D eigenvalue weighted by Gasteiger charge is 2.48. The Labute approximate surface area is 250 Å². The first kappa shape index (κ1) is 30.1. The predicted octanol–water partition coefficient (Wildman–Crippen LogP) is 6.25. The van der Waals surface area contributed by atoms with Crippen LogP contribution in [0.3, 0.4) is 0 Å². The zero-order chi connectivity index (χ0) is 30.0. The van der Waals surface area contributed by atoms with Gasteiger partial charge in [0.15, 0.2) is 0 Å². The van der Waals surface area contributed by atoms with Crippen molar-refractivity contribution >= 4 is 11.7 Å². The average molecular weight is 584 g/mol. The highest BCUT2D eigenvalue weighted by atomic mass is 16.7. The Morgan fingerprint density at radius 1 is 0.674 bits per heavy atom. The monoisotopic (exact) mass is 583 g/mol. The molecule has 4 aromatic carbocycles. The summed E-state index contributed by atoms with van der Waals surface area (Å²) in [4.78, 5) is 23.7. The van der Waals surface area contributed by atoms with Crippen LogP contribution in [-0.4, -0.2) is 41.6 Å². The number of hydrogen-bond donors (Lipinski definition) is 0. The van der Waals surface area contributed by atoms with Crippen molar-refractivity contribution in [3.63, 3.8) is 0 Å².